The Bertz CT molecular complexity index is 1040. The normalized spacial score (nSPS) is 15.7. The molecule has 2 aromatic carbocycles. The minimum absolute atomic E-state index is 0.0157. The molecule has 0 aliphatic carbocycles. The molecule has 0 spiro atoms. The maximum Gasteiger partial charge on any atom is 0.289 e. The number of carbonyl (C=O) groups is 1. The average molecular weight is 452 g/mol. The van der Waals surface area contributed by atoms with Crippen molar-refractivity contribution in [2.45, 2.75) is 24.3 Å². The van der Waals surface area contributed by atoms with Crippen LogP contribution < -0.4 is 0 Å². The molecule has 0 saturated carbocycles. The van der Waals surface area contributed by atoms with Crippen molar-refractivity contribution >= 4 is 33.2 Å². The van der Waals surface area contributed by atoms with Crippen LogP contribution in [0.3, 0.4) is 0 Å². The van der Waals surface area contributed by atoms with Crippen LogP contribution in [0.4, 0.5) is 5.69 Å². The smallest absolute Gasteiger partial charge is 0.289 e. The van der Waals surface area contributed by atoms with Crippen LogP contribution in [-0.2, 0) is 21.4 Å². The Morgan fingerprint density at radius 3 is 2.43 bits per heavy atom. The van der Waals surface area contributed by atoms with E-state index in [0.29, 0.717) is 19.4 Å². The zero-order valence-corrected chi connectivity index (χ0v) is 18.0. The third-order valence-corrected chi connectivity index (χ3v) is 7.41. The quantitative estimate of drug-likeness (QED) is 0.495. The second kappa shape index (κ2) is 9.11. The van der Waals surface area contributed by atoms with Crippen LogP contribution in [0, 0.1) is 16.0 Å². The molecule has 1 aliphatic rings. The lowest BCUT2D eigenvalue weighted by atomic mass is 9.96. The van der Waals surface area contributed by atoms with Crippen LogP contribution >= 0.6 is 11.6 Å². The van der Waals surface area contributed by atoms with Crippen molar-refractivity contribution in [1.82, 2.24) is 9.21 Å². The minimum Gasteiger partial charge on any atom is -0.341 e. The van der Waals surface area contributed by atoms with E-state index in [1.165, 1.54) is 16.4 Å². The maximum atomic E-state index is 12.9. The second-order valence-corrected chi connectivity index (χ2v) is 9.57. The van der Waals surface area contributed by atoms with Gasteiger partial charge in [-0.05, 0) is 30.5 Å². The Hall–Kier alpha value is -2.49. The van der Waals surface area contributed by atoms with Gasteiger partial charge in [0.05, 0.1) is 9.82 Å². The summed E-state index contributed by atoms with van der Waals surface area (Å²) in [5.74, 6) is -0.275. The van der Waals surface area contributed by atoms with Gasteiger partial charge in [0, 0.05) is 38.7 Å². The van der Waals surface area contributed by atoms with Crippen molar-refractivity contribution in [3.8, 4) is 0 Å². The molecule has 1 fully saturated rings. The predicted octanol–water partition coefficient (Wildman–Crippen LogP) is 3.31. The molecule has 0 bridgehead atoms. The molecule has 1 aliphatic heterocycles. The van der Waals surface area contributed by atoms with Gasteiger partial charge >= 0.3 is 0 Å². The van der Waals surface area contributed by atoms with Crippen LogP contribution in [0.1, 0.15) is 18.4 Å². The first kappa shape index (κ1) is 22.2. The van der Waals surface area contributed by atoms with Gasteiger partial charge in [-0.2, -0.15) is 4.31 Å². The number of sulfonamides is 1. The van der Waals surface area contributed by atoms with E-state index in [0.717, 1.165) is 11.6 Å². The number of nitro benzene ring substituents is 1. The maximum absolute atomic E-state index is 12.9. The number of hydrogen-bond acceptors (Lipinski definition) is 5. The topological polar surface area (TPSA) is 101 Å². The highest BCUT2D eigenvalue weighted by atomic mass is 35.5. The van der Waals surface area contributed by atoms with Crippen LogP contribution in [0.15, 0.2) is 53.4 Å². The molecule has 1 amide bonds. The first-order valence-electron chi connectivity index (χ1n) is 9.43. The van der Waals surface area contributed by atoms with Gasteiger partial charge in [0.25, 0.3) is 5.69 Å². The number of amides is 1. The fraction of sp³-hybridized carbons (Fsp3) is 0.350. The van der Waals surface area contributed by atoms with Crippen molar-refractivity contribution in [2.75, 3.05) is 20.1 Å². The molecule has 10 heteroatoms. The van der Waals surface area contributed by atoms with Crippen molar-refractivity contribution in [1.29, 1.82) is 0 Å². The molecule has 0 unspecified atom stereocenters. The van der Waals surface area contributed by atoms with E-state index in [-0.39, 0.29) is 34.8 Å². The summed E-state index contributed by atoms with van der Waals surface area (Å²) in [6.45, 7) is 0.843. The third kappa shape index (κ3) is 4.80. The number of nitrogens with zero attached hydrogens (tertiary/aromatic N) is 3. The third-order valence-electron chi connectivity index (χ3n) is 5.19. The summed E-state index contributed by atoms with van der Waals surface area (Å²) >= 11 is 5.78. The van der Waals surface area contributed by atoms with Crippen molar-refractivity contribution in [2.24, 2.45) is 5.92 Å². The van der Waals surface area contributed by atoms with Gasteiger partial charge in [-0.15, -0.1) is 0 Å². The number of nitro groups is 1. The Morgan fingerprint density at radius 2 is 1.83 bits per heavy atom. The lowest BCUT2D eigenvalue weighted by molar-refractivity contribution is -0.384. The Morgan fingerprint density at radius 1 is 1.20 bits per heavy atom. The minimum atomic E-state index is -3.91. The van der Waals surface area contributed by atoms with E-state index in [4.69, 9.17) is 11.6 Å². The lowest BCUT2D eigenvalue weighted by Crippen LogP contribution is -2.43. The van der Waals surface area contributed by atoms with Gasteiger partial charge in [-0.25, -0.2) is 8.42 Å². The van der Waals surface area contributed by atoms with Crippen molar-refractivity contribution in [3.63, 3.8) is 0 Å². The average Bonchev–Trinajstić information content (AvgIpc) is 2.74. The zero-order chi connectivity index (χ0) is 21.9. The number of carbonyl (C=O) groups excluding carboxylic acids is 1. The first-order valence-corrected chi connectivity index (χ1v) is 11.2. The highest BCUT2D eigenvalue weighted by Crippen LogP contribution is 2.30. The van der Waals surface area contributed by atoms with E-state index in [1.807, 2.05) is 30.3 Å². The van der Waals surface area contributed by atoms with E-state index in [1.54, 1.807) is 11.9 Å². The molecule has 160 valence electrons. The van der Waals surface area contributed by atoms with Crippen LogP contribution in [0.2, 0.25) is 5.02 Å². The summed E-state index contributed by atoms with van der Waals surface area (Å²) < 4.78 is 27.0. The zero-order valence-electron chi connectivity index (χ0n) is 16.4. The molecule has 8 nitrogen and oxygen atoms in total. The Kier molecular flexibility index (Phi) is 6.74. The SMILES string of the molecule is CN(Cc1ccccc1)C(=O)C1CCN(S(=O)(=O)c2ccc(Cl)c([N+](=O)[O-])c2)CC1. The van der Waals surface area contributed by atoms with E-state index in [9.17, 15) is 23.3 Å². The summed E-state index contributed by atoms with van der Waals surface area (Å²) in [6.07, 6.45) is 0.791. The predicted molar refractivity (Wildman–Crippen MR) is 113 cm³/mol. The number of piperidine rings is 1. The van der Waals surface area contributed by atoms with Crippen molar-refractivity contribution < 1.29 is 18.1 Å². The highest BCUT2D eigenvalue weighted by Gasteiger charge is 2.34. The molecule has 3 rings (SSSR count). The second-order valence-electron chi connectivity index (χ2n) is 7.23. The number of benzene rings is 2. The number of halogens is 1. The van der Waals surface area contributed by atoms with E-state index >= 15 is 0 Å². The Labute approximate surface area is 180 Å². The van der Waals surface area contributed by atoms with Gasteiger partial charge in [-0.1, -0.05) is 41.9 Å². The van der Waals surface area contributed by atoms with Crippen LogP contribution in [0.5, 0.6) is 0 Å². The van der Waals surface area contributed by atoms with Gasteiger partial charge in [0.2, 0.25) is 15.9 Å². The molecule has 2 aromatic rings. The summed E-state index contributed by atoms with van der Waals surface area (Å²) in [4.78, 5) is 24.6. The summed E-state index contributed by atoms with van der Waals surface area (Å²) in [5.41, 5.74) is 0.572. The van der Waals surface area contributed by atoms with Gasteiger partial charge in [0.15, 0.2) is 0 Å². The lowest BCUT2D eigenvalue weighted by Gasteiger charge is -2.32. The molecule has 0 atom stereocenters. The monoisotopic (exact) mass is 451 g/mol. The largest absolute Gasteiger partial charge is 0.341 e. The number of rotatable bonds is 6. The first-order chi connectivity index (χ1) is 14.2. The summed E-state index contributed by atoms with van der Waals surface area (Å²) in [7, 11) is -2.17. The molecule has 1 saturated heterocycles. The molecule has 1 heterocycles. The molecular formula is C20H22ClN3O5S. The molecule has 0 radical (unpaired) electrons. The van der Waals surface area contributed by atoms with Gasteiger partial charge in [-0.3, -0.25) is 14.9 Å². The Balaban J connectivity index is 1.65. The van der Waals surface area contributed by atoms with E-state index in [2.05, 4.69) is 0 Å². The summed E-state index contributed by atoms with van der Waals surface area (Å²) in [5, 5.41) is 10.9. The van der Waals surface area contributed by atoms with Gasteiger partial charge in [0.1, 0.15) is 5.02 Å². The molecular weight excluding hydrogens is 430 g/mol. The highest BCUT2D eigenvalue weighted by molar-refractivity contribution is 7.89. The fourth-order valence-electron chi connectivity index (χ4n) is 3.53. The molecule has 0 aromatic heterocycles. The van der Waals surface area contributed by atoms with Crippen LogP contribution in [-0.4, -0.2) is 48.6 Å². The fourth-order valence-corrected chi connectivity index (χ4v) is 5.21. The summed E-state index contributed by atoms with van der Waals surface area (Å²) in [6, 6.07) is 13.1. The van der Waals surface area contributed by atoms with Crippen LogP contribution in [0.25, 0.3) is 0 Å². The van der Waals surface area contributed by atoms with Gasteiger partial charge < -0.3 is 4.90 Å². The standard InChI is InChI=1S/C20H22ClN3O5S/c1-22(14-15-5-3-2-4-6-15)20(25)16-9-11-23(12-10-16)30(28,29)17-7-8-18(21)19(13-17)24(26)27/h2-8,13,16H,9-12,14H2,1H3. The molecule has 0 N–H and O–H groups in total. The molecule has 30 heavy (non-hydrogen) atoms. The van der Waals surface area contributed by atoms with Crippen molar-refractivity contribution in [3.05, 3.63) is 69.2 Å². The number of hydrogen-bond donors (Lipinski definition) is 0. The van der Waals surface area contributed by atoms with E-state index < -0.39 is 20.6 Å².